The highest BCUT2D eigenvalue weighted by molar-refractivity contribution is 5.44. The fourth-order valence-electron chi connectivity index (χ4n) is 3.43. The van der Waals surface area contributed by atoms with Crippen molar-refractivity contribution in [2.45, 2.75) is 52.4 Å². The van der Waals surface area contributed by atoms with E-state index in [2.05, 4.69) is 26.0 Å². The first kappa shape index (κ1) is 16.4. The van der Waals surface area contributed by atoms with Gasteiger partial charge in [-0.05, 0) is 72.9 Å². The lowest BCUT2D eigenvalue weighted by Crippen LogP contribution is -2.11. The maximum Gasteiger partial charge on any atom is 0.121 e. The van der Waals surface area contributed by atoms with E-state index in [1.165, 1.54) is 11.1 Å². The second-order valence-electron chi connectivity index (χ2n) is 6.12. The zero-order valence-electron chi connectivity index (χ0n) is 13.9. The van der Waals surface area contributed by atoms with E-state index in [0.29, 0.717) is 23.3 Å². The molecular formula is C20H26O2. The summed E-state index contributed by atoms with van der Waals surface area (Å²) in [7, 11) is 0. The summed E-state index contributed by atoms with van der Waals surface area (Å²) >= 11 is 0. The van der Waals surface area contributed by atoms with Crippen LogP contribution in [0.2, 0.25) is 0 Å². The first-order chi connectivity index (χ1) is 10.5. The number of rotatable bonds is 5. The summed E-state index contributed by atoms with van der Waals surface area (Å²) in [6, 6.07) is 11.8. The second kappa shape index (κ2) is 6.87. The number of hydrogen-bond donors (Lipinski definition) is 2. The molecule has 0 fully saturated rings. The van der Waals surface area contributed by atoms with E-state index in [-0.39, 0.29) is 0 Å². The Morgan fingerprint density at radius 3 is 1.68 bits per heavy atom. The van der Waals surface area contributed by atoms with E-state index in [1.54, 1.807) is 12.1 Å². The standard InChI is InChI=1S/C20H26O2/c1-5-18(15-7-9-17(21)10-8-15)19(6-2)16-11-13(3)20(22)14(4)12-16/h7-12,18-19,21-22H,5-6H2,1-4H3/t18-,19+/m0/s1. The Morgan fingerprint density at radius 2 is 1.23 bits per heavy atom. The summed E-state index contributed by atoms with van der Waals surface area (Å²) in [6.45, 7) is 8.34. The molecule has 0 spiro atoms. The van der Waals surface area contributed by atoms with Crippen molar-refractivity contribution < 1.29 is 10.2 Å². The molecule has 0 saturated heterocycles. The lowest BCUT2D eigenvalue weighted by atomic mass is 9.77. The van der Waals surface area contributed by atoms with Gasteiger partial charge in [-0.25, -0.2) is 0 Å². The third-order valence-corrected chi connectivity index (χ3v) is 4.63. The maximum absolute atomic E-state index is 10.0. The van der Waals surface area contributed by atoms with E-state index in [1.807, 2.05) is 26.0 Å². The fraction of sp³-hybridized carbons (Fsp3) is 0.400. The van der Waals surface area contributed by atoms with Crippen LogP contribution in [0.5, 0.6) is 11.5 Å². The van der Waals surface area contributed by atoms with Gasteiger partial charge in [-0.2, -0.15) is 0 Å². The molecular weight excluding hydrogens is 272 g/mol. The van der Waals surface area contributed by atoms with Crippen molar-refractivity contribution in [2.75, 3.05) is 0 Å². The Morgan fingerprint density at radius 1 is 0.773 bits per heavy atom. The summed E-state index contributed by atoms with van der Waals surface area (Å²) in [4.78, 5) is 0. The van der Waals surface area contributed by atoms with E-state index >= 15 is 0 Å². The topological polar surface area (TPSA) is 40.5 Å². The van der Waals surface area contributed by atoms with Gasteiger partial charge < -0.3 is 10.2 Å². The van der Waals surface area contributed by atoms with Crippen LogP contribution in [0.25, 0.3) is 0 Å². The van der Waals surface area contributed by atoms with E-state index in [4.69, 9.17) is 0 Å². The molecule has 2 aromatic carbocycles. The number of benzene rings is 2. The molecule has 118 valence electrons. The van der Waals surface area contributed by atoms with Crippen molar-refractivity contribution in [3.8, 4) is 11.5 Å². The van der Waals surface area contributed by atoms with Crippen molar-refractivity contribution in [1.82, 2.24) is 0 Å². The molecule has 0 radical (unpaired) electrons. The predicted molar refractivity (Wildman–Crippen MR) is 91.8 cm³/mol. The third kappa shape index (κ3) is 3.27. The quantitative estimate of drug-likeness (QED) is 0.775. The summed E-state index contributed by atoms with van der Waals surface area (Å²) in [5.41, 5.74) is 4.42. The van der Waals surface area contributed by atoms with Crippen LogP contribution in [-0.4, -0.2) is 10.2 Å². The first-order valence-corrected chi connectivity index (χ1v) is 8.06. The van der Waals surface area contributed by atoms with Crippen molar-refractivity contribution in [3.63, 3.8) is 0 Å². The molecule has 2 heteroatoms. The third-order valence-electron chi connectivity index (χ3n) is 4.63. The Balaban J connectivity index is 2.42. The lowest BCUT2D eigenvalue weighted by Gasteiger charge is -2.27. The van der Waals surface area contributed by atoms with E-state index in [0.717, 1.165) is 24.0 Å². The minimum atomic E-state index is 0.308. The van der Waals surface area contributed by atoms with Crippen molar-refractivity contribution in [3.05, 3.63) is 58.7 Å². The van der Waals surface area contributed by atoms with Crippen LogP contribution in [0.3, 0.4) is 0 Å². The smallest absolute Gasteiger partial charge is 0.121 e. The maximum atomic E-state index is 10.0. The largest absolute Gasteiger partial charge is 0.508 e. The summed E-state index contributed by atoms with van der Waals surface area (Å²) in [5.74, 6) is 1.53. The molecule has 0 saturated carbocycles. The van der Waals surface area contributed by atoms with Crippen molar-refractivity contribution >= 4 is 0 Å². The fourth-order valence-corrected chi connectivity index (χ4v) is 3.43. The average Bonchev–Trinajstić information content (AvgIpc) is 2.51. The van der Waals surface area contributed by atoms with Gasteiger partial charge in [0.25, 0.3) is 0 Å². The Bertz CT molecular complexity index is 606. The Labute approximate surface area is 133 Å². The van der Waals surface area contributed by atoms with Gasteiger partial charge in [-0.1, -0.05) is 38.1 Å². The summed E-state index contributed by atoms with van der Waals surface area (Å²) in [5, 5.41) is 19.5. The van der Waals surface area contributed by atoms with Crippen LogP contribution in [0.1, 0.15) is 60.8 Å². The zero-order valence-corrected chi connectivity index (χ0v) is 13.9. The molecule has 2 rings (SSSR count). The molecule has 0 heterocycles. The van der Waals surface area contributed by atoms with Gasteiger partial charge in [0.05, 0.1) is 0 Å². The van der Waals surface area contributed by atoms with E-state index in [9.17, 15) is 10.2 Å². The lowest BCUT2D eigenvalue weighted by molar-refractivity contribution is 0.463. The van der Waals surface area contributed by atoms with Gasteiger partial charge in [0.1, 0.15) is 11.5 Å². The van der Waals surface area contributed by atoms with Gasteiger partial charge in [0, 0.05) is 0 Å². The second-order valence-corrected chi connectivity index (χ2v) is 6.12. The highest BCUT2D eigenvalue weighted by Crippen LogP contribution is 2.40. The summed E-state index contributed by atoms with van der Waals surface area (Å²) < 4.78 is 0. The van der Waals surface area contributed by atoms with Crippen molar-refractivity contribution in [1.29, 1.82) is 0 Å². The van der Waals surface area contributed by atoms with Gasteiger partial charge in [-0.15, -0.1) is 0 Å². The Kier molecular flexibility index (Phi) is 5.12. The average molecular weight is 298 g/mol. The first-order valence-electron chi connectivity index (χ1n) is 8.06. The highest BCUT2D eigenvalue weighted by Gasteiger charge is 2.23. The monoisotopic (exact) mass is 298 g/mol. The molecule has 0 unspecified atom stereocenters. The van der Waals surface area contributed by atoms with Crippen LogP contribution >= 0.6 is 0 Å². The SMILES string of the molecule is CC[C@H](c1cc(C)c(O)c(C)c1)[C@@H](CC)c1ccc(O)cc1. The molecule has 0 bridgehead atoms. The van der Waals surface area contributed by atoms with Gasteiger partial charge in [0.2, 0.25) is 0 Å². The van der Waals surface area contributed by atoms with Crippen LogP contribution in [0.4, 0.5) is 0 Å². The molecule has 0 amide bonds. The van der Waals surface area contributed by atoms with Gasteiger partial charge in [-0.3, -0.25) is 0 Å². The predicted octanol–water partition coefficient (Wildman–Crippen LogP) is 5.40. The van der Waals surface area contributed by atoms with Crippen LogP contribution in [0.15, 0.2) is 36.4 Å². The number of hydrogen-bond acceptors (Lipinski definition) is 2. The molecule has 2 atom stereocenters. The molecule has 2 N–H and O–H groups in total. The van der Waals surface area contributed by atoms with Crippen LogP contribution in [-0.2, 0) is 0 Å². The van der Waals surface area contributed by atoms with Crippen LogP contribution in [0, 0.1) is 13.8 Å². The number of aryl methyl sites for hydroxylation is 2. The number of phenolic OH excluding ortho intramolecular Hbond substituents is 2. The molecule has 2 aromatic rings. The van der Waals surface area contributed by atoms with Crippen LogP contribution < -0.4 is 0 Å². The summed E-state index contributed by atoms with van der Waals surface area (Å²) in [6.07, 6.45) is 2.09. The number of aromatic hydroxyl groups is 2. The molecule has 0 aliphatic rings. The van der Waals surface area contributed by atoms with Crippen molar-refractivity contribution in [2.24, 2.45) is 0 Å². The molecule has 22 heavy (non-hydrogen) atoms. The molecule has 0 aromatic heterocycles. The molecule has 0 aliphatic heterocycles. The Hall–Kier alpha value is -1.96. The minimum absolute atomic E-state index is 0.308. The highest BCUT2D eigenvalue weighted by atomic mass is 16.3. The number of phenols is 2. The van der Waals surface area contributed by atoms with E-state index < -0.39 is 0 Å². The van der Waals surface area contributed by atoms with Gasteiger partial charge >= 0.3 is 0 Å². The normalized spacial score (nSPS) is 13.8. The minimum Gasteiger partial charge on any atom is -0.508 e. The van der Waals surface area contributed by atoms with Gasteiger partial charge in [0.15, 0.2) is 0 Å². The molecule has 2 nitrogen and oxygen atoms in total. The molecule has 0 aliphatic carbocycles. The zero-order chi connectivity index (χ0) is 16.3.